The van der Waals surface area contributed by atoms with Crippen molar-refractivity contribution in [1.82, 2.24) is 14.4 Å². The second kappa shape index (κ2) is 12.7. The Morgan fingerprint density at radius 3 is 2.41 bits per heavy atom. The van der Waals surface area contributed by atoms with Crippen molar-refractivity contribution in [3.63, 3.8) is 0 Å². The number of carbonyl (C=O) groups excluding carboxylic acids is 2. The lowest BCUT2D eigenvalue weighted by Gasteiger charge is -2.19. The number of esters is 1. The fraction of sp³-hybridized carbons (Fsp3) is 0.417. The Labute approximate surface area is 203 Å². The maximum Gasteiger partial charge on any atom is 0.351 e. The summed E-state index contributed by atoms with van der Waals surface area (Å²) in [6.07, 6.45) is 1.86. The molecule has 0 atom stereocenters. The number of thiazole rings is 1. The minimum absolute atomic E-state index is 0.0477. The number of anilines is 1. The van der Waals surface area contributed by atoms with Gasteiger partial charge >= 0.3 is 5.97 Å². The lowest BCUT2D eigenvalue weighted by Crippen LogP contribution is -2.34. The quantitative estimate of drug-likeness (QED) is 0.491. The van der Waals surface area contributed by atoms with Crippen LogP contribution in [0.1, 0.15) is 19.4 Å². The topological polar surface area (TPSA) is 108 Å². The Morgan fingerprint density at radius 1 is 1.18 bits per heavy atom. The molecule has 0 fully saturated rings. The fourth-order valence-electron chi connectivity index (χ4n) is 3.03. The minimum atomic E-state index is -0.745. The number of carbonyl (C=O) groups is 2. The Bertz CT molecular complexity index is 1220. The molecule has 0 aliphatic rings. The minimum Gasteiger partial charge on any atom is -0.462 e. The molecular formula is C24H31N5O4S. The summed E-state index contributed by atoms with van der Waals surface area (Å²) in [5.74, 6) is -0.697. The molecule has 1 N–H and O–H groups in total. The van der Waals surface area contributed by atoms with Crippen molar-refractivity contribution in [2.75, 3.05) is 46.2 Å². The van der Waals surface area contributed by atoms with E-state index >= 15 is 0 Å². The molecule has 0 aliphatic carbocycles. The number of amides is 1. The molecule has 1 heterocycles. The number of ether oxygens (including phenoxy) is 1. The number of hydrogen-bond donors (Lipinski definition) is 1. The van der Waals surface area contributed by atoms with Gasteiger partial charge in [-0.05, 0) is 45.6 Å². The second-order valence-corrected chi connectivity index (χ2v) is 8.84. The maximum atomic E-state index is 12.8. The Hall–Kier alpha value is -3.42. The molecule has 0 radical (unpaired) electrons. The van der Waals surface area contributed by atoms with Crippen LogP contribution in [-0.4, -0.2) is 67.1 Å². The van der Waals surface area contributed by atoms with Gasteiger partial charge < -0.3 is 19.9 Å². The predicted molar refractivity (Wildman–Crippen MR) is 134 cm³/mol. The van der Waals surface area contributed by atoms with Crippen LogP contribution in [0.15, 0.2) is 29.1 Å². The van der Waals surface area contributed by atoms with Gasteiger partial charge in [0.25, 0.3) is 5.56 Å². The van der Waals surface area contributed by atoms with E-state index < -0.39 is 5.97 Å². The van der Waals surface area contributed by atoms with Crippen LogP contribution >= 0.6 is 11.3 Å². The molecule has 1 aromatic heterocycles. The molecule has 0 spiro atoms. The highest BCUT2D eigenvalue weighted by Crippen LogP contribution is 2.11. The van der Waals surface area contributed by atoms with Crippen molar-refractivity contribution in [3.8, 4) is 6.07 Å². The van der Waals surface area contributed by atoms with E-state index in [4.69, 9.17) is 4.74 Å². The van der Waals surface area contributed by atoms with Crippen LogP contribution in [-0.2, 0) is 27.3 Å². The summed E-state index contributed by atoms with van der Waals surface area (Å²) >= 11 is 1.06. The molecule has 9 nitrogen and oxygen atoms in total. The molecule has 2 aromatic rings. The van der Waals surface area contributed by atoms with Gasteiger partial charge in [0.15, 0.2) is 5.57 Å². The van der Waals surface area contributed by atoms with E-state index in [-0.39, 0.29) is 28.3 Å². The summed E-state index contributed by atoms with van der Waals surface area (Å²) in [5.41, 5.74) is 1.15. The van der Waals surface area contributed by atoms with Gasteiger partial charge in [-0.1, -0.05) is 12.1 Å². The summed E-state index contributed by atoms with van der Waals surface area (Å²) in [4.78, 5) is 41.0. The average molecular weight is 486 g/mol. The van der Waals surface area contributed by atoms with Crippen LogP contribution < -0.4 is 20.1 Å². The summed E-state index contributed by atoms with van der Waals surface area (Å²) in [5, 5.41) is 12.5. The van der Waals surface area contributed by atoms with Crippen molar-refractivity contribution < 1.29 is 14.3 Å². The van der Waals surface area contributed by atoms with E-state index in [2.05, 4.69) is 5.32 Å². The number of benzene rings is 1. The molecule has 0 unspecified atom stereocenters. The van der Waals surface area contributed by atoms with E-state index in [1.807, 2.05) is 49.3 Å². The van der Waals surface area contributed by atoms with Crippen LogP contribution in [0.2, 0.25) is 0 Å². The largest absolute Gasteiger partial charge is 0.462 e. The first kappa shape index (κ1) is 26.8. The third kappa shape index (κ3) is 7.04. The van der Waals surface area contributed by atoms with Gasteiger partial charge in [0, 0.05) is 38.6 Å². The number of hydrogen-bond acceptors (Lipinski definition) is 8. The van der Waals surface area contributed by atoms with Gasteiger partial charge in [0.1, 0.15) is 15.3 Å². The summed E-state index contributed by atoms with van der Waals surface area (Å²) in [7, 11) is 5.74. The molecule has 34 heavy (non-hydrogen) atoms. The van der Waals surface area contributed by atoms with E-state index in [0.717, 1.165) is 29.1 Å². The molecule has 2 rings (SSSR count). The van der Waals surface area contributed by atoms with Crippen LogP contribution in [0.4, 0.5) is 5.69 Å². The zero-order valence-corrected chi connectivity index (χ0v) is 21.1. The average Bonchev–Trinajstić information content (AvgIpc) is 3.12. The number of likely N-dealkylation sites (N-methyl/N-ethyl adjacent to an activating group) is 2. The Balaban J connectivity index is 2.21. The lowest BCUT2D eigenvalue weighted by atomic mass is 10.1. The van der Waals surface area contributed by atoms with Crippen molar-refractivity contribution in [1.29, 1.82) is 5.26 Å². The summed E-state index contributed by atoms with van der Waals surface area (Å²) < 4.78 is 6.96. The molecule has 10 heteroatoms. The van der Waals surface area contributed by atoms with Gasteiger partial charge in [0.05, 0.1) is 13.0 Å². The Morgan fingerprint density at radius 2 is 1.85 bits per heavy atom. The fourth-order valence-corrected chi connectivity index (χ4v) is 4.11. The van der Waals surface area contributed by atoms with Crippen molar-refractivity contribution >= 4 is 40.7 Å². The first-order valence-electron chi connectivity index (χ1n) is 11.0. The van der Waals surface area contributed by atoms with E-state index in [1.54, 1.807) is 32.0 Å². The van der Waals surface area contributed by atoms with Gasteiger partial charge in [-0.3, -0.25) is 14.2 Å². The molecule has 0 saturated carbocycles. The molecule has 182 valence electrons. The number of nitriles is 1. The van der Waals surface area contributed by atoms with Crippen molar-refractivity contribution in [2.24, 2.45) is 0 Å². The van der Waals surface area contributed by atoms with Gasteiger partial charge in [-0.2, -0.15) is 5.26 Å². The molecule has 0 bridgehead atoms. The van der Waals surface area contributed by atoms with Gasteiger partial charge in [0.2, 0.25) is 5.91 Å². The van der Waals surface area contributed by atoms with Gasteiger partial charge in [-0.15, -0.1) is 11.3 Å². The first-order chi connectivity index (χ1) is 16.2. The molecule has 1 amide bonds. The van der Waals surface area contributed by atoms with Gasteiger partial charge in [-0.25, -0.2) is 4.79 Å². The number of nitrogens with zero attached hydrogens (tertiary/aromatic N) is 4. The number of nitrogens with one attached hydrogen (secondary N) is 1. The SMILES string of the molecule is CCOC(=O)/C(C#N)=c1\s/c(=C/Nc2ccc(CC(=O)N(C)CCN(C)C)cc2)c(=O)n1CC. The standard InChI is InChI=1S/C24H31N5O4S/c1-6-29-22(31)20(34-23(29)19(15-25)24(32)33-7-2)16-26-18-10-8-17(9-11-18)14-21(30)28(5)13-12-27(3)4/h8-11,16,26H,6-7,12-14H2,1-5H3/b20-16+,23-19-. The number of aromatic nitrogens is 1. The van der Waals surface area contributed by atoms with E-state index in [0.29, 0.717) is 24.0 Å². The molecule has 0 aliphatic heterocycles. The van der Waals surface area contributed by atoms with E-state index in [9.17, 15) is 19.6 Å². The third-order valence-electron chi connectivity index (χ3n) is 5.02. The van der Waals surface area contributed by atoms with E-state index in [1.165, 1.54) is 4.57 Å². The lowest BCUT2D eigenvalue weighted by molar-refractivity contribution is -0.136. The summed E-state index contributed by atoms with van der Waals surface area (Å²) in [6.45, 7) is 5.35. The van der Waals surface area contributed by atoms with Crippen LogP contribution in [0.25, 0.3) is 11.8 Å². The highest BCUT2D eigenvalue weighted by Gasteiger charge is 2.16. The smallest absolute Gasteiger partial charge is 0.351 e. The number of rotatable bonds is 10. The molecule has 0 saturated heterocycles. The van der Waals surface area contributed by atoms with Crippen LogP contribution in [0.5, 0.6) is 0 Å². The summed E-state index contributed by atoms with van der Waals surface area (Å²) in [6, 6.07) is 9.24. The third-order valence-corrected chi connectivity index (χ3v) is 6.15. The maximum absolute atomic E-state index is 12.8. The zero-order chi connectivity index (χ0) is 25.3. The first-order valence-corrected chi connectivity index (χ1v) is 11.8. The normalized spacial score (nSPS) is 12.3. The highest BCUT2D eigenvalue weighted by atomic mass is 32.1. The Kier molecular flexibility index (Phi) is 10.0. The zero-order valence-electron chi connectivity index (χ0n) is 20.3. The van der Waals surface area contributed by atoms with Crippen LogP contribution in [0, 0.1) is 11.3 Å². The highest BCUT2D eigenvalue weighted by molar-refractivity contribution is 7.07. The monoisotopic (exact) mass is 485 g/mol. The van der Waals surface area contributed by atoms with Crippen molar-refractivity contribution in [2.45, 2.75) is 26.8 Å². The second-order valence-electron chi connectivity index (χ2n) is 7.81. The van der Waals surface area contributed by atoms with Crippen LogP contribution in [0.3, 0.4) is 0 Å². The molecule has 1 aromatic carbocycles. The molecular weight excluding hydrogens is 454 g/mol. The van der Waals surface area contributed by atoms with Crippen molar-refractivity contribution in [3.05, 3.63) is 49.4 Å². The predicted octanol–water partition coefficient (Wildman–Crippen LogP) is 0.580.